The predicted molar refractivity (Wildman–Crippen MR) is 115 cm³/mol. The van der Waals surface area contributed by atoms with Crippen LogP contribution in [0, 0.1) is 6.92 Å². The van der Waals surface area contributed by atoms with Crippen LogP contribution in [0.15, 0.2) is 23.1 Å². The van der Waals surface area contributed by atoms with E-state index in [0.29, 0.717) is 56.9 Å². The third-order valence-electron chi connectivity index (χ3n) is 5.83. The van der Waals surface area contributed by atoms with Crippen molar-refractivity contribution < 1.29 is 22.4 Å². The number of carbonyl (C=O) groups excluding carboxylic acids is 2. The van der Waals surface area contributed by atoms with Gasteiger partial charge in [0.05, 0.1) is 4.90 Å². The maximum absolute atomic E-state index is 13.1. The van der Waals surface area contributed by atoms with Gasteiger partial charge in [0.2, 0.25) is 21.8 Å². The molecule has 0 spiro atoms. The van der Waals surface area contributed by atoms with E-state index >= 15 is 0 Å². The molecule has 1 aromatic rings. The first-order chi connectivity index (χ1) is 14.8. The molecule has 9 nitrogen and oxygen atoms in total. The molecule has 2 aliphatic rings. The Morgan fingerprint density at radius 3 is 2.52 bits per heavy atom. The van der Waals surface area contributed by atoms with E-state index in [1.165, 1.54) is 6.07 Å². The van der Waals surface area contributed by atoms with E-state index in [1.807, 2.05) is 4.90 Å². The number of nitrogens with one attached hydrogen (secondary N) is 1. The smallest absolute Gasteiger partial charge is 0.242 e. The minimum Gasteiger partial charge on any atom is -0.339 e. The van der Waals surface area contributed by atoms with E-state index in [0.717, 1.165) is 6.42 Å². The summed E-state index contributed by atoms with van der Waals surface area (Å²) in [5, 5.41) is 0. The fourth-order valence-corrected chi connectivity index (χ4v) is 5.54. The molecule has 1 aromatic carbocycles. The van der Waals surface area contributed by atoms with Gasteiger partial charge in [0.25, 0.3) is 0 Å². The zero-order valence-electron chi connectivity index (χ0n) is 17.7. The number of benzene rings is 1. The minimum absolute atomic E-state index is 0.0173. The molecule has 2 saturated heterocycles. The van der Waals surface area contributed by atoms with Crippen LogP contribution in [0.25, 0.3) is 0 Å². The Balaban J connectivity index is 1.74. The molecule has 3 rings (SSSR count). The van der Waals surface area contributed by atoms with Gasteiger partial charge < -0.3 is 15.5 Å². The summed E-state index contributed by atoms with van der Waals surface area (Å²) < 4.78 is 41.2. The number of hydrogen-bond acceptors (Lipinski definition) is 6. The number of piperazine rings is 1. The van der Waals surface area contributed by atoms with Crippen LogP contribution < -0.4 is 15.4 Å². The molecular formula is C20H30FN5O4S. The highest BCUT2D eigenvalue weighted by atomic mass is 32.2. The van der Waals surface area contributed by atoms with Gasteiger partial charge in [-0.3, -0.25) is 14.5 Å². The Hall–Kier alpha value is -2.08. The molecule has 3 N–H and O–H groups in total. The Kier molecular flexibility index (Phi) is 7.63. The number of hydrogen-bond donors (Lipinski definition) is 2. The van der Waals surface area contributed by atoms with Gasteiger partial charge in [-0.1, -0.05) is 6.07 Å². The van der Waals surface area contributed by atoms with Crippen molar-refractivity contribution >= 4 is 27.5 Å². The largest absolute Gasteiger partial charge is 0.339 e. The number of carbonyl (C=O) groups is 2. The van der Waals surface area contributed by atoms with E-state index in [9.17, 15) is 22.4 Å². The highest BCUT2D eigenvalue weighted by Gasteiger charge is 2.32. The molecule has 2 heterocycles. The summed E-state index contributed by atoms with van der Waals surface area (Å²) in [6.07, 6.45) is 1.17. The SMILES string of the molecule is Cc1c(N2CCCC2=O)cccc1S(=O)(=O)N[C@@H](CN)C(=O)N1CCN(CCF)CC1. The average molecular weight is 456 g/mol. The van der Waals surface area contributed by atoms with E-state index < -0.39 is 28.6 Å². The van der Waals surface area contributed by atoms with Gasteiger partial charge >= 0.3 is 0 Å². The summed E-state index contributed by atoms with van der Waals surface area (Å²) >= 11 is 0. The number of sulfonamides is 1. The fraction of sp³-hybridized carbons (Fsp3) is 0.600. The minimum atomic E-state index is -4.05. The Bertz CT molecular complexity index is 918. The van der Waals surface area contributed by atoms with Crippen molar-refractivity contribution in [1.82, 2.24) is 14.5 Å². The molecule has 0 aliphatic carbocycles. The van der Waals surface area contributed by atoms with Crippen molar-refractivity contribution in [2.24, 2.45) is 5.73 Å². The zero-order chi connectivity index (χ0) is 22.6. The number of halogens is 1. The van der Waals surface area contributed by atoms with Crippen LogP contribution in [-0.2, 0) is 19.6 Å². The second kappa shape index (κ2) is 10.0. The van der Waals surface area contributed by atoms with Crippen LogP contribution in [0.3, 0.4) is 0 Å². The molecule has 1 atom stereocenters. The second-order valence-corrected chi connectivity index (χ2v) is 9.50. The number of nitrogens with two attached hydrogens (primary N) is 1. The summed E-state index contributed by atoms with van der Waals surface area (Å²) in [6.45, 7) is 3.74. The predicted octanol–water partition coefficient (Wildman–Crippen LogP) is -0.159. The van der Waals surface area contributed by atoms with Crippen molar-refractivity contribution in [3.05, 3.63) is 23.8 Å². The number of amides is 2. The Morgan fingerprint density at radius 1 is 1.23 bits per heavy atom. The lowest BCUT2D eigenvalue weighted by Gasteiger charge is -2.36. The maximum atomic E-state index is 13.1. The summed E-state index contributed by atoms with van der Waals surface area (Å²) in [5.74, 6) is -0.429. The summed E-state index contributed by atoms with van der Waals surface area (Å²) in [4.78, 5) is 30.1. The van der Waals surface area contributed by atoms with Gasteiger partial charge in [-0.25, -0.2) is 12.8 Å². The van der Waals surface area contributed by atoms with Crippen molar-refractivity contribution in [2.45, 2.75) is 30.7 Å². The molecule has 172 valence electrons. The molecule has 2 amide bonds. The molecular weight excluding hydrogens is 425 g/mol. The van der Waals surface area contributed by atoms with Gasteiger partial charge in [-0.2, -0.15) is 4.72 Å². The van der Waals surface area contributed by atoms with Gasteiger partial charge in [0.15, 0.2) is 0 Å². The van der Waals surface area contributed by atoms with Crippen LogP contribution in [0.5, 0.6) is 0 Å². The first-order valence-corrected chi connectivity index (χ1v) is 12.0. The van der Waals surface area contributed by atoms with Crippen LogP contribution in [-0.4, -0.2) is 88.6 Å². The van der Waals surface area contributed by atoms with E-state index in [-0.39, 0.29) is 17.3 Å². The summed E-state index contributed by atoms with van der Waals surface area (Å²) in [7, 11) is -4.05. The van der Waals surface area contributed by atoms with E-state index in [4.69, 9.17) is 5.73 Å². The van der Waals surface area contributed by atoms with Gasteiger partial charge in [-0.05, 0) is 31.0 Å². The lowest BCUT2D eigenvalue weighted by molar-refractivity contribution is -0.134. The fourth-order valence-electron chi connectivity index (χ4n) is 4.07. The number of anilines is 1. The van der Waals surface area contributed by atoms with Crippen molar-refractivity contribution in [3.63, 3.8) is 0 Å². The van der Waals surface area contributed by atoms with Crippen molar-refractivity contribution in [1.29, 1.82) is 0 Å². The Morgan fingerprint density at radius 2 is 1.94 bits per heavy atom. The molecule has 31 heavy (non-hydrogen) atoms. The topological polar surface area (TPSA) is 116 Å². The normalized spacial score (nSPS) is 19.1. The molecule has 0 saturated carbocycles. The molecule has 0 unspecified atom stereocenters. The molecule has 2 fully saturated rings. The lowest BCUT2D eigenvalue weighted by atomic mass is 10.2. The van der Waals surface area contributed by atoms with Crippen molar-refractivity contribution in [3.8, 4) is 0 Å². The van der Waals surface area contributed by atoms with Gasteiger partial charge in [0, 0.05) is 57.9 Å². The first-order valence-electron chi connectivity index (χ1n) is 10.5. The third-order valence-corrected chi connectivity index (χ3v) is 7.44. The van der Waals surface area contributed by atoms with Crippen LogP contribution in [0.1, 0.15) is 18.4 Å². The highest BCUT2D eigenvalue weighted by molar-refractivity contribution is 7.89. The van der Waals surface area contributed by atoms with Gasteiger partial charge in [0.1, 0.15) is 12.7 Å². The molecule has 2 aliphatic heterocycles. The summed E-state index contributed by atoms with van der Waals surface area (Å²) in [5.41, 5.74) is 6.75. The molecule has 0 aromatic heterocycles. The van der Waals surface area contributed by atoms with E-state index in [1.54, 1.807) is 28.9 Å². The van der Waals surface area contributed by atoms with Crippen LogP contribution in [0.4, 0.5) is 10.1 Å². The molecule has 11 heteroatoms. The van der Waals surface area contributed by atoms with Crippen LogP contribution >= 0.6 is 0 Å². The standard InChI is InChI=1S/C20H30FN5O4S/c1-15-17(26-8-3-6-19(26)27)4-2-5-18(15)31(29,30)23-16(14-22)20(28)25-12-10-24(9-7-21)11-13-25/h2,4-5,16,23H,3,6-14,22H2,1H3/t16-/m0/s1. The lowest BCUT2D eigenvalue weighted by Crippen LogP contribution is -2.57. The Labute approximate surface area is 182 Å². The third kappa shape index (κ3) is 5.22. The summed E-state index contributed by atoms with van der Waals surface area (Å²) in [6, 6.07) is 3.66. The zero-order valence-corrected chi connectivity index (χ0v) is 18.5. The average Bonchev–Trinajstić information content (AvgIpc) is 3.18. The molecule has 0 bridgehead atoms. The second-order valence-electron chi connectivity index (χ2n) is 7.81. The van der Waals surface area contributed by atoms with Gasteiger partial charge in [-0.15, -0.1) is 0 Å². The highest BCUT2D eigenvalue weighted by Crippen LogP contribution is 2.29. The number of rotatable bonds is 8. The number of alkyl halides is 1. The first kappa shape index (κ1) is 23.6. The van der Waals surface area contributed by atoms with E-state index in [2.05, 4.69) is 4.72 Å². The van der Waals surface area contributed by atoms with Crippen LogP contribution in [0.2, 0.25) is 0 Å². The number of nitrogens with zero attached hydrogens (tertiary/aromatic N) is 3. The monoisotopic (exact) mass is 455 g/mol. The maximum Gasteiger partial charge on any atom is 0.242 e. The van der Waals surface area contributed by atoms with Crippen molar-refractivity contribution in [2.75, 3.05) is 57.4 Å². The molecule has 0 radical (unpaired) electrons. The quantitative estimate of drug-likeness (QED) is 0.563.